The Morgan fingerprint density at radius 1 is 1.20 bits per heavy atom. The molecule has 0 saturated carbocycles. The molecule has 1 heterocycles. The molecule has 0 aliphatic carbocycles. The third-order valence-electron chi connectivity index (χ3n) is 3.08. The van der Waals surface area contributed by atoms with Crippen LogP contribution in [-0.4, -0.2) is 27.3 Å². The van der Waals surface area contributed by atoms with Crippen molar-refractivity contribution < 1.29 is 0 Å². The largest absolute Gasteiger partial charge is 0.330 e. The molecule has 0 aliphatic rings. The minimum Gasteiger partial charge on any atom is -0.330 e. The van der Waals surface area contributed by atoms with E-state index in [-0.39, 0.29) is 0 Å². The van der Waals surface area contributed by atoms with Gasteiger partial charge in [0.2, 0.25) is 0 Å². The van der Waals surface area contributed by atoms with E-state index >= 15 is 0 Å². The number of benzene rings is 1. The van der Waals surface area contributed by atoms with Crippen LogP contribution in [0.1, 0.15) is 24.1 Å². The highest BCUT2D eigenvalue weighted by molar-refractivity contribution is 7.99. The number of hydrogen-bond acceptors (Lipinski definition) is 4. The molecule has 5 heteroatoms. The summed E-state index contributed by atoms with van der Waals surface area (Å²) in [6, 6.07) is 8.62. The molecule has 1 aromatic carbocycles. The predicted octanol–water partition coefficient (Wildman–Crippen LogP) is 2.66. The van der Waals surface area contributed by atoms with Crippen LogP contribution in [0.25, 0.3) is 0 Å². The van der Waals surface area contributed by atoms with Crippen molar-refractivity contribution in [2.75, 3.05) is 12.3 Å². The molecule has 0 fully saturated rings. The molecule has 0 unspecified atom stereocenters. The second kappa shape index (κ2) is 8.07. The quantitative estimate of drug-likeness (QED) is 0.600. The van der Waals surface area contributed by atoms with E-state index < -0.39 is 0 Å². The Labute approximate surface area is 124 Å². The van der Waals surface area contributed by atoms with Crippen LogP contribution in [0.2, 0.25) is 0 Å². The van der Waals surface area contributed by atoms with Crippen LogP contribution in [0.5, 0.6) is 0 Å². The summed E-state index contributed by atoms with van der Waals surface area (Å²) in [5.74, 6) is 1.01. The van der Waals surface area contributed by atoms with E-state index in [2.05, 4.69) is 41.5 Å². The first-order valence-corrected chi connectivity index (χ1v) is 8.05. The van der Waals surface area contributed by atoms with Crippen LogP contribution in [0.4, 0.5) is 0 Å². The van der Waals surface area contributed by atoms with Crippen molar-refractivity contribution in [1.82, 2.24) is 15.0 Å². The number of aryl methyl sites for hydroxylation is 3. The zero-order valence-corrected chi connectivity index (χ0v) is 12.8. The lowest BCUT2D eigenvalue weighted by Gasteiger charge is -2.02. The van der Waals surface area contributed by atoms with E-state index in [0.29, 0.717) is 0 Å². The van der Waals surface area contributed by atoms with Crippen molar-refractivity contribution in [3.8, 4) is 0 Å². The molecule has 2 N–H and O–H groups in total. The summed E-state index contributed by atoms with van der Waals surface area (Å²) >= 11 is 1.85. The number of nitrogens with two attached hydrogens (primary N) is 1. The Hall–Kier alpha value is -1.33. The third kappa shape index (κ3) is 4.98. The monoisotopic (exact) mass is 290 g/mol. The Kier molecular flexibility index (Phi) is 6.08. The Morgan fingerprint density at radius 3 is 2.75 bits per heavy atom. The first kappa shape index (κ1) is 15.1. The summed E-state index contributed by atoms with van der Waals surface area (Å²) < 4.78 is 1.93. The first-order valence-electron chi connectivity index (χ1n) is 7.06. The van der Waals surface area contributed by atoms with Crippen molar-refractivity contribution in [3.63, 3.8) is 0 Å². The van der Waals surface area contributed by atoms with Gasteiger partial charge in [-0.25, -0.2) is 0 Å². The molecule has 0 atom stereocenters. The van der Waals surface area contributed by atoms with Crippen molar-refractivity contribution in [3.05, 3.63) is 41.7 Å². The first-order chi connectivity index (χ1) is 9.78. The van der Waals surface area contributed by atoms with E-state index in [9.17, 15) is 0 Å². The number of rotatable bonds is 8. The smallest absolute Gasteiger partial charge is 0.0827 e. The fourth-order valence-corrected chi connectivity index (χ4v) is 2.75. The molecule has 2 rings (SSSR count). The van der Waals surface area contributed by atoms with E-state index in [1.165, 1.54) is 10.5 Å². The average molecular weight is 290 g/mol. The topological polar surface area (TPSA) is 56.7 Å². The molecule has 1 aromatic heterocycles. The summed E-state index contributed by atoms with van der Waals surface area (Å²) in [4.78, 5) is 1.30. The molecular formula is C15H22N4S. The number of aromatic nitrogens is 3. The summed E-state index contributed by atoms with van der Waals surface area (Å²) in [6.07, 6.45) is 5.16. The van der Waals surface area contributed by atoms with Crippen LogP contribution in [-0.2, 0) is 13.0 Å². The molecule has 0 spiro atoms. The Balaban J connectivity index is 1.72. The van der Waals surface area contributed by atoms with Crippen LogP contribution in [0.15, 0.2) is 35.4 Å². The van der Waals surface area contributed by atoms with Crippen LogP contribution >= 0.6 is 11.8 Å². The summed E-state index contributed by atoms with van der Waals surface area (Å²) in [5, 5.41) is 8.35. The van der Waals surface area contributed by atoms with Gasteiger partial charge in [0.1, 0.15) is 0 Å². The van der Waals surface area contributed by atoms with Crippen molar-refractivity contribution in [2.24, 2.45) is 5.73 Å². The lowest BCUT2D eigenvalue weighted by atomic mass is 10.2. The van der Waals surface area contributed by atoms with Gasteiger partial charge in [0.15, 0.2) is 0 Å². The lowest BCUT2D eigenvalue weighted by molar-refractivity contribution is 0.631. The zero-order valence-electron chi connectivity index (χ0n) is 12.0. The van der Waals surface area contributed by atoms with Crippen molar-refractivity contribution in [1.29, 1.82) is 0 Å². The molecule has 0 amide bonds. The molecule has 20 heavy (non-hydrogen) atoms. The van der Waals surface area contributed by atoms with Crippen LogP contribution in [0.3, 0.4) is 0 Å². The maximum absolute atomic E-state index is 5.48. The second-order valence-electron chi connectivity index (χ2n) is 4.88. The van der Waals surface area contributed by atoms with Crippen molar-refractivity contribution in [2.45, 2.75) is 37.6 Å². The Bertz CT molecular complexity index is 507. The molecule has 4 nitrogen and oxygen atoms in total. The number of thioether (sulfide) groups is 1. The van der Waals surface area contributed by atoms with Gasteiger partial charge in [-0.15, -0.1) is 16.9 Å². The highest BCUT2D eigenvalue weighted by Gasteiger charge is 2.01. The van der Waals surface area contributed by atoms with Gasteiger partial charge in [-0.3, -0.25) is 4.68 Å². The highest BCUT2D eigenvalue weighted by atomic mass is 32.2. The van der Waals surface area contributed by atoms with Gasteiger partial charge in [-0.1, -0.05) is 22.9 Å². The molecule has 2 aromatic rings. The van der Waals surface area contributed by atoms with E-state index in [0.717, 1.165) is 43.8 Å². The van der Waals surface area contributed by atoms with Crippen LogP contribution < -0.4 is 5.73 Å². The van der Waals surface area contributed by atoms with Gasteiger partial charge < -0.3 is 5.73 Å². The SMILES string of the molecule is Cc1ccc(SCCn2cc(CCCCN)nn2)cc1. The molecule has 0 saturated heterocycles. The molecule has 0 aliphatic heterocycles. The molecular weight excluding hydrogens is 268 g/mol. The summed E-state index contributed by atoms with van der Waals surface area (Å²) in [6.45, 7) is 3.75. The molecule has 108 valence electrons. The Morgan fingerprint density at radius 2 is 2.00 bits per heavy atom. The van der Waals surface area contributed by atoms with Gasteiger partial charge in [0.05, 0.1) is 12.2 Å². The minimum atomic E-state index is 0.751. The highest BCUT2D eigenvalue weighted by Crippen LogP contribution is 2.18. The normalized spacial score (nSPS) is 10.9. The lowest BCUT2D eigenvalue weighted by Crippen LogP contribution is -2.01. The maximum Gasteiger partial charge on any atom is 0.0827 e. The third-order valence-corrected chi connectivity index (χ3v) is 4.08. The van der Waals surface area contributed by atoms with E-state index in [4.69, 9.17) is 5.73 Å². The van der Waals surface area contributed by atoms with Gasteiger partial charge in [-0.2, -0.15) is 0 Å². The summed E-state index contributed by atoms with van der Waals surface area (Å²) in [5.41, 5.74) is 7.85. The minimum absolute atomic E-state index is 0.751. The second-order valence-corrected chi connectivity index (χ2v) is 6.05. The molecule has 0 bridgehead atoms. The number of nitrogens with zero attached hydrogens (tertiary/aromatic N) is 3. The molecule has 0 radical (unpaired) electrons. The van der Waals surface area contributed by atoms with Gasteiger partial charge in [0.25, 0.3) is 0 Å². The number of hydrogen-bond donors (Lipinski definition) is 1. The van der Waals surface area contributed by atoms with Crippen molar-refractivity contribution >= 4 is 11.8 Å². The standard InChI is InChI=1S/C15H22N4S/c1-13-5-7-15(8-6-13)20-11-10-19-12-14(17-18-19)4-2-3-9-16/h5-8,12H,2-4,9-11,16H2,1H3. The zero-order chi connectivity index (χ0) is 14.2. The average Bonchev–Trinajstić information content (AvgIpc) is 2.89. The predicted molar refractivity (Wildman–Crippen MR) is 83.9 cm³/mol. The maximum atomic E-state index is 5.48. The fraction of sp³-hybridized carbons (Fsp3) is 0.467. The van der Waals surface area contributed by atoms with Crippen LogP contribution in [0, 0.1) is 6.92 Å². The summed E-state index contributed by atoms with van der Waals surface area (Å²) in [7, 11) is 0. The van der Waals surface area contributed by atoms with E-state index in [1.807, 2.05) is 22.6 Å². The van der Waals surface area contributed by atoms with Gasteiger partial charge >= 0.3 is 0 Å². The van der Waals surface area contributed by atoms with Gasteiger partial charge in [-0.05, 0) is 44.9 Å². The van der Waals surface area contributed by atoms with E-state index in [1.54, 1.807) is 0 Å². The fourth-order valence-electron chi connectivity index (χ4n) is 1.90. The van der Waals surface area contributed by atoms with Gasteiger partial charge in [0, 0.05) is 16.8 Å². The number of unbranched alkanes of at least 4 members (excludes halogenated alkanes) is 1.